The summed E-state index contributed by atoms with van der Waals surface area (Å²) < 4.78 is 23.7. The monoisotopic (exact) mass is 1050 g/mol. The van der Waals surface area contributed by atoms with Crippen LogP contribution in [0.1, 0.15) is 303 Å². The number of aliphatic hydroxyl groups is 1. The standard InChI is InChI=1S/C64H123N2O6P/c1-6-8-10-12-14-16-18-20-22-24-26-27-28-29-30-31-32-33-34-35-36-37-38-39-40-42-44-46-48-50-52-54-56-58-64(68)65-62(61-72-73(69,70)71-60-59-66(3,4)5)63(67)57-55-53-51-49-47-45-43-41-25-23-21-19-17-15-13-11-9-7-2/h18,20,24,26,47,49,55,57,62-63,67H,6-17,19,21-23,25,27-46,48,50-54,56,58-61H2,1-5H3,(H-,65,68,69,70)/p+1/b20-18-,26-24-,49-47+,57-55+. The maximum atomic E-state index is 13.0. The van der Waals surface area contributed by atoms with Crippen LogP contribution in [0.2, 0.25) is 0 Å². The maximum Gasteiger partial charge on any atom is 0.472 e. The van der Waals surface area contributed by atoms with Gasteiger partial charge >= 0.3 is 7.82 Å². The summed E-state index contributed by atoms with van der Waals surface area (Å²) in [7, 11) is 1.56. The summed E-state index contributed by atoms with van der Waals surface area (Å²) in [4.78, 5) is 23.3. The molecule has 0 bridgehead atoms. The Kier molecular flexibility index (Phi) is 54.1. The number of rotatable bonds is 58. The van der Waals surface area contributed by atoms with Crippen molar-refractivity contribution in [2.75, 3.05) is 40.9 Å². The molecule has 0 aromatic rings. The van der Waals surface area contributed by atoms with Crippen molar-refractivity contribution < 1.29 is 32.9 Å². The lowest BCUT2D eigenvalue weighted by Crippen LogP contribution is -2.45. The number of nitrogens with zero attached hydrogens (tertiary/aromatic N) is 1. The van der Waals surface area contributed by atoms with Gasteiger partial charge < -0.3 is 19.8 Å². The summed E-state index contributed by atoms with van der Waals surface area (Å²) in [6, 6.07) is -0.863. The average molecular weight is 1050 g/mol. The highest BCUT2D eigenvalue weighted by molar-refractivity contribution is 7.47. The van der Waals surface area contributed by atoms with E-state index in [0.717, 1.165) is 44.9 Å². The molecule has 430 valence electrons. The van der Waals surface area contributed by atoms with Crippen LogP contribution in [0.25, 0.3) is 0 Å². The second-order valence-electron chi connectivity index (χ2n) is 22.8. The Morgan fingerprint density at radius 3 is 1.18 bits per heavy atom. The summed E-state index contributed by atoms with van der Waals surface area (Å²) in [5.41, 5.74) is 0. The molecule has 3 N–H and O–H groups in total. The van der Waals surface area contributed by atoms with Crippen molar-refractivity contribution in [3.63, 3.8) is 0 Å². The minimum Gasteiger partial charge on any atom is -0.387 e. The number of amides is 1. The SMILES string of the molecule is CCCCCCC/C=C\C/C=C\CCCCCCCCCCCCCCCCCCCCCCCC(=O)NC(COP(=O)(O)OCC[N+](C)(C)C)C(O)/C=C/CC/C=C/CCCCCCCCCCCCCC. The minimum absolute atomic E-state index is 0.0571. The van der Waals surface area contributed by atoms with E-state index in [4.69, 9.17) is 9.05 Å². The molecule has 0 spiro atoms. The second kappa shape index (κ2) is 55.2. The van der Waals surface area contributed by atoms with Gasteiger partial charge in [0.25, 0.3) is 0 Å². The number of allylic oxidation sites excluding steroid dienone is 7. The summed E-state index contributed by atoms with van der Waals surface area (Å²) in [5, 5.41) is 13.9. The summed E-state index contributed by atoms with van der Waals surface area (Å²) in [6.45, 7) is 4.82. The molecule has 0 saturated heterocycles. The highest BCUT2D eigenvalue weighted by Gasteiger charge is 2.27. The van der Waals surface area contributed by atoms with Crippen molar-refractivity contribution in [2.24, 2.45) is 0 Å². The normalized spacial score (nSPS) is 14.1. The van der Waals surface area contributed by atoms with Gasteiger partial charge in [0.1, 0.15) is 13.2 Å². The van der Waals surface area contributed by atoms with Crippen LogP contribution >= 0.6 is 7.82 Å². The third-order valence-electron chi connectivity index (χ3n) is 14.3. The summed E-state index contributed by atoms with van der Waals surface area (Å²) >= 11 is 0. The number of carbonyl (C=O) groups excluding carboxylic acids is 1. The Bertz CT molecular complexity index is 1330. The fourth-order valence-corrected chi connectivity index (χ4v) is 10.1. The van der Waals surface area contributed by atoms with Crippen molar-refractivity contribution in [2.45, 2.75) is 315 Å². The summed E-state index contributed by atoms with van der Waals surface area (Å²) in [5.74, 6) is -0.182. The van der Waals surface area contributed by atoms with E-state index in [1.54, 1.807) is 6.08 Å². The maximum absolute atomic E-state index is 13.0. The highest BCUT2D eigenvalue weighted by Crippen LogP contribution is 2.43. The molecule has 9 heteroatoms. The topological polar surface area (TPSA) is 105 Å². The molecule has 0 aromatic heterocycles. The van der Waals surface area contributed by atoms with Gasteiger partial charge in [0.2, 0.25) is 5.91 Å². The molecular formula is C64H124N2O6P+. The molecule has 8 nitrogen and oxygen atoms in total. The van der Waals surface area contributed by atoms with E-state index in [1.165, 1.54) is 238 Å². The molecule has 0 aliphatic heterocycles. The largest absolute Gasteiger partial charge is 0.472 e. The van der Waals surface area contributed by atoms with Gasteiger partial charge in [0, 0.05) is 6.42 Å². The van der Waals surface area contributed by atoms with Crippen LogP contribution in [0.5, 0.6) is 0 Å². The number of hydrogen-bond acceptors (Lipinski definition) is 5. The van der Waals surface area contributed by atoms with Crippen LogP contribution in [-0.4, -0.2) is 73.4 Å². The van der Waals surface area contributed by atoms with Crippen LogP contribution in [0.4, 0.5) is 0 Å². The molecule has 0 aromatic carbocycles. The fraction of sp³-hybridized carbons (Fsp3) is 0.859. The number of carbonyl (C=O) groups is 1. The molecule has 3 atom stereocenters. The highest BCUT2D eigenvalue weighted by atomic mass is 31.2. The molecule has 0 fully saturated rings. The lowest BCUT2D eigenvalue weighted by atomic mass is 10.0. The van der Waals surface area contributed by atoms with Gasteiger partial charge in [-0.2, -0.15) is 0 Å². The number of likely N-dealkylation sites (N-methyl/N-ethyl adjacent to an activating group) is 1. The minimum atomic E-state index is -4.36. The van der Waals surface area contributed by atoms with E-state index in [1.807, 2.05) is 27.2 Å². The zero-order valence-corrected chi connectivity index (χ0v) is 50.0. The third-order valence-corrected chi connectivity index (χ3v) is 15.3. The average Bonchev–Trinajstić information content (AvgIpc) is 3.35. The predicted octanol–water partition coefficient (Wildman–Crippen LogP) is 19.5. The first-order valence-electron chi connectivity index (χ1n) is 31.5. The molecule has 0 heterocycles. The van der Waals surface area contributed by atoms with Crippen LogP contribution in [0, 0.1) is 0 Å². The van der Waals surface area contributed by atoms with E-state index in [9.17, 15) is 19.4 Å². The quantitative estimate of drug-likeness (QED) is 0.0243. The molecule has 0 radical (unpaired) electrons. The number of phosphoric ester groups is 1. The van der Waals surface area contributed by atoms with Crippen molar-refractivity contribution in [3.05, 3.63) is 48.6 Å². The predicted molar refractivity (Wildman–Crippen MR) is 318 cm³/mol. The van der Waals surface area contributed by atoms with E-state index in [2.05, 4.69) is 55.6 Å². The van der Waals surface area contributed by atoms with Gasteiger partial charge in [0.05, 0.1) is 39.9 Å². The van der Waals surface area contributed by atoms with Crippen LogP contribution in [-0.2, 0) is 18.4 Å². The van der Waals surface area contributed by atoms with E-state index in [-0.39, 0.29) is 19.1 Å². The first-order chi connectivity index (χ1) is 35.5. The molecule has 0 saturated carbocycles. The molecule has 0 rings (SSSR count). The Labute approximate surface area is 454 Å². The lowest BCUT2D eigenvalue weighted by molar-refractivity contribution is -0.870. The second-order valence-corrected chi connectivity index (χ2v) is 24.2. The molecule has 0 aliphatic rings. The van der Waals surface area contributed by atoms with Crippen LogP contribution < -0.4 is 5.32 Å². The number of hydrogen-bond donors (Lipinski definition) is 3. The third kappa shape index (κ3) is 58.0. The molecule has 73 heavy (non-hydrogen) atoms. The molecular weight excluding hydrogens is 924 g/mol. The van der Waals surface area contributed by atoms with Gasteiger partial charge in [-0.3, -0.25) is 13.8 Å². The van der Waals surface area contributed by atoms with Gasteiger partial charge in [0.15, 0.2) is 0 Å². The molecule has 1 amide bonds. The van der Waals surface area contributed by atoms with E-state index in [0.29, 0.717) is 17.4 Å². The number of aliphatic hydroxyl groups excluding tert-OH is 1. The Balaban J connectivity index is 4.06. The number of nitrogens with one attached hydrogen (secondary N) is 1. The zero-order chi connectivity index (χ0) is 53.5. The Morgan fingerprint density at radius 2 is 0.795 bits per heavy atom. The van der Waals surface area contributed by atoms with Crippen LogP contribution in [0.3, 0.4) is 0 Å². The Hall–Kier alpha value is -1.54. The smallest absolute Gasteiger partial charge is 0.387 e. The van der Waals surface area contributed by atoms with Gasteiger partial charge in [-0.15, -0.1) is 0 Å². The van der Waals surface area contributed by atoms with E-state index < -0.39 is 20.0 Å². The van der Waals surface area contributed by atoms with Crippen molar-refractivity contribution in [3.8, 4) is 0 Å². The zero-order valence-electron chi connectivity index (χ0n) is 49.1. The van der Waals surface area contributed by atoms with E-state index >= 15 is 0 Å². The van der Waals surface area contributed by atoms with Gasteiger partial charge in [-0.1, -0.05) is 281 Å². The molecule has 3 unspecified atom stereocenters. The van der Waals surface area contributed by atoms with Crippen molar-refractivity contribution >= 4 is 13.7 Å². The first kappa shape index (κ1) is 71.5. The van der Waals surface area contributed by atoms with Gasteiger partial charge in [-0.25, -0.2) is 4.57 Å². The fourth-order valence-electron chi connectivity index (χ4n) is 9.33. The summed E-state index contributed by atoms with van der Waals surface area (Å²) in [6.07, 6.45) is 73.8. The van der Waals surface area contributed by atoms with Crippen molar-refractivity contribution in [1.29, 1.82) is 0 Å². The van der Waals surface area contributed by atoms with Gasteiger partial charge in [-0.05, 0) is 64.2 Å². The van der Waals surface area contributed by atoms with Crippen molar-refractivity contribution in [1.82, 2.24) is 5.32 Å². The molecule has 0 aliphatic carbocycles. The number of quaternary nitrogens is 1. The van der Waals surface area contributed by atoms with Crippen LogP contribution in [0.15, 0.2) is 48.6 Å². The Morgan fingerprint density at radius 1 is 0.466 bits per heavy atom. The first-order valence-corrected chi connectivity index (χ1v) is 33.0. The number of unbranched alkanes of at least 4 members (excludes halogenated alkanes) is 39. The number of phosphoric acid groups is 1. The lowest BCUT2D eigenvalue weighted by Gasteiger charge is -2.25.